The molecule has 7 rings (SSSR count). The van der Waals surface area contributed by atoms with Crippen molar-refractivity contribution in [2.75, 3.05) is 66.1 Å². The smallest absolute Gasteiger partial charge is 0.333 e. The minimum Gasteiger partial charge on any atom is -0.462 e. The van der Waals surface area contributed by atoms with Gasteiger partial charge in [0.05, 0.1) is 58.3 Å². The zero-order valence-corrected chi connectivity index (χ0v) is 33.3. The minimum atomic E-state index is -0.472. The lowest BCUT2D eigenvalue weighted by molar-refractivity contribution is -0.156. The molecule has 5 saturated heterocycles. The van der Waals surface area contributed by atoms with E-state index < -0.39 is 5.41 Å². The standard InChI is InChI=1S/C21H30O5.C12H14O2.C7H10O3.C4H8O/c1-4-21(3,20(22)26-14-19-13-25-19)9-15(2)17-7-5-16(6-8-17)10-23-11-18-12-24-18;1-2-10-3-5-11(6-4-10)7-13-8-12-9-14-12;1-5(2)7(8)10-4-6-3-9-6;1-2-4-5-3-1/h5-8,15,18-19H,4,9-14H2,1-3H3;2-6,12H,1,7-9H2;6H,1,3-4H2,2H3;1-4H2. The highest BCUT2D eigenvalue weighted by Gasteiger charge is 2.36. The first-order valence-electron chi connectivity index (χ1n) is 19.6. The molecule has 0 spiro atoms. The van der Waals surface area contributed by atoms with Crippen molar-refractivity contribution in [1.29, 1.82) is 0 Å². The van der Waals surface area contributed by atoms with Crippen LogP contribution in [0.3, 0.4) is 0 Å². The van der Waals surface area contributed by atoms with Crippen LogP contribution in [0, 0.1) is 5.41 Å². The number of hydrogen-bond donors (Lipinski definition) is 0. The fraction of sp³-hybridized carbons (Fsp3) is 0.591. The van der Waals surface area contributed by atoms with Gasteiger partial charge in [-0.15, -0.1) is 0 Å². The van der Waals surface area contributed by atoms with Crippen LogP contribution in [0.4, 0.5) is 0 Å². The fourth-order valence-corrected chi connectivity index (χ4v) is 5.28. The van der Waals surface area contributed by atoms with Crippen LogP contribution >= 0.6 is 0 Å². The van der Waals surface area contributed by atoms with Crippen molar-refractivity contribution in [3.63, 3.8) is 0 Å². The zero-order valence-electron chi connectivity index (χ0n) is 33.3. The van der Waals surface area contributed by atoms with Gasteiger partial charge in [0, 0.05) is 18.8 Å². The average Bonchev–Trinajstić information content (AvgIpc) is 3.97. The van der Waals surface area contributed by atoms with Gasteiger partial charge in [0.2, 0.25) is 0 Å². The summed E-state index contributed by atoms with van der Waals surface area (Å²) in [5.74, 6) is -0.176. The van der Waals surface area contributed by atoms with Crippen LogP contribution in [0.5, 0.6) is 0 Å². The molecule has 55 heavy (non-hydrogen) atoms. The first-order valence-corrected chi connectivity index (χ1v) is 19.6. The van der Waals surface area contributed by atoms with E-state index in [0.29, 0.717) is 70.6 Å². The summed E-state index contributed by atoms with van der Waals surface area (Å²) in [6.45, 7) is 23.5. The molecule has 0 aromatic heterocycles. The van der Waals surface area contributed by atoms with Gasteiger partial charge >= 0.3 is 11.9 Å². The molecule has 0 bridgehead atoms. The lowest BCUT2D eigenvalue weighted by Gasteiger charge is -2.29. The Kier molecular flexibility index (Phi) is 19.0. The number of rotatable bonds is 19. The van der Waals surface area contributed by atoms with Crippen molar-refractivity contribution in [2.24, 2.45) is 5.41 Å². The molecule has 304 valence electrons. The maximum absolute atomic E-state index is 12.5. The topological polar surface area (TPSA) is 130 Å². The van der Waals surface area contributed by atoms with E-state index >= 15 is 0 Å². The lowest BCUT2D eigenvalue weighted by Crippen LogP contribution is -2.31. The minimum absolute atomic E-state index is 0.110. The van der Waals surface area contributed by atoms with E-state index in [9.17, 15) is 9.59 Å². The van der Waals surface area contributed by atoms with Crippen molar-refractivity contribution in [2.45, 2.75) is 96.9 Å². The molecule has 0 saturated carbocycles. The highest BCUT2D eigenvalue weighted by Crippen LogP contribution is 2.36. The summed E-state index contributed by atoms with van der Waals surface area (Å²) in [6.07, 6.45) is 6.82. The summed E-state index contributed by atoms with van der Waals surface area (Å²) in [5.41, 5.74) is 4.68. The molecule has 5 fully saturated rings. The third kappa shape index (κ3) is 18.8. The second kappa shape index (κ2) is 23.6. The molecular weight excluding hydrogens is 704 g/mol. The third-order valence-electron chi connectivity index (χ3n) is 9.52. The second-order valence-corrected chi connectivity index (χ2v) is 14.9. The van der Waals surface area contributed by atoms with E-state index in [2.05, 4.69) is 56.5 Å². The molecule has 5 heterocycles. The van der Waals surface area contributed by atoms with Gasteiger partial charge in [-0.2, -0.15) is 0 Å². The number of esters is 2. The molecular formula is C44H62O11. The van der Waals surface area contributed by atoms with Crippen LogP contribution in [0.1, 0.15) is 81.5 Å². The normalized spacial score (nSPS) is 22.7. The molecule has 6 atom stereocenters. The second-order valence-electron chi connectivity index (χ2n) is 14.9. The first kappa shape index (κ1) is 44.3. The Balaban J connectivity index is 0.000000192. The van der Waals surface area contributed by atoms with Gasteiger partial charge in [-0.25, -0.2) is 4.79 Å². The van der Waals surface area contributed by atoms with E-state index in [0.717, 1.165) is 50.4 Å². The van der Waals surface area contributed by atoms with Gasteiger partial charge in [0.1, 0.15) is 37.6 Å². The number of hydrogen-bond acceptors (Lipinski definition) is 11. The van der Waals surface area contributed by atoms with Gasteiger partial charge in [0.15, 0.2) is 0 Å². The maximum atomic E-state index is 12.5. The summed E-state index contributed by atoms with van der Waals surface area (Å²) >= 11 is 0. The summed E-state index contributed by atoms with van der Waals surface area (Å²) < 4.78 is 46.4. The van der Waals surface area contributed by atoms with Crippen LogP contribution in [0.15, 0.2) is 67.3 Å². The van der Waals surface area contributed by atoms with Crippen LogP contribution in [-0.2, 0) is 65.4 Å². The highest BCUT2D eigenvalue weighted by molar-refractivity contribution is 5.86. The molecule has 0 amide bonds. The molecule has 5 aliphatic heterocycles. The lowest BCUT2D eigenvalue weighted by atomic mass is 9.77. The Labute approximate surface area is 327 Å². The number of carbonyl (C=O) groups is 2. The SMILES string of the molecule is C1CCOC1.C=C(C)C(=O)OCC1CO1.C=Cc1ccc(COCC2CO2)cc1.CCC(C)(CC(C)c1ccc(COCC2CO2)cc1)C(=O)OCC1CO1. The monoisotopic (exact) mass is 766 g/mol. The summed E-state index contributed by atoms with van der Waals surface area (Å²) in [4.78, 5) is 23.2. The van der Waals surface area contributed by atoms with E-state index in [4.69, 9.17) is 42.6 Å². The maximum Gasteiger partial charge on any atom is 0.333 e. The van der Waals surface area contributed by atoms with Gasteiger partial charge in [-0.05, 0) is 67.7 Å². The van der Waals surface area contributed by atoms with Gasteiger partial charge in [-0.3, -0.25) is 4.79 Å². The van der Waals surface area contributed by atoms with Crippen molar-refractivity contribution in [3.8, 4) is 0 Å². The molecule has 11 heteroatoms. The number of ether oxygens (including phenoxy) is 9. The molecule has 0 N–H and O–H groups in total. The van der Waals surface area contributed by atoms with Crippen LogP contribution in [0.2, 0.25) is 0 Å². The van der Waals surface area contributed by atoms with E-state index in [1.165, 1.54) is 24.0 Å². The quantitative estimate of drug-likeness (QED) is 0.0833. The Bertz CT molecular complexity index is 1430. The fourth-order valence-electron chi connectivity index (χ4n) is 5.28. The Morgan fingerprint density at radius 3 is 1.64 bits per heavy atom. The van der Waals surface area contributed by atoms with E-state index in [-0.39, 0.29) is 30.1 Å². The van der Waals surface area contributed by atoms with Crippen LogP contribution < -0.4 is 0 Å². The predicted molar refractivity (Wildman–Crippen MR) is 209 cm³/mol. The summed E-state index contributed by atoms with van der Waals surface area (Å²) in [6, 6.07) is 16.7. The third-order valence-corrected chi connectivity index (χ3v) is 9.52. The van der Waals surface area contributed by atoms with Crippen molar-refractivity contribution < 1.29 is 52.2 Å². The van der Waals surface area contributed by atoms with E-state index in [1.807, 2.05) is 32.1 Å². The molecule has 6 unspecified atom stereocenters. The molecule has 0 radical (unpaired) electrons. The number of carbonyl (C=O) groups excluding carboxylic acids is 2. The van der Waals surface area contributed by atoms with Crippen LogP contribution in [0.25, 0.3) is 6.08 Å². The average molecular weight is 767 g/mol. The zero-order chi connectivity index (χ0) is 39.5. The molecule has 0 aliphatic carbocycles. The Morgan fingerprint density at radius 1 is 0.782 bits per heavy atom. The van der Waals surface area contributed by atoms with Crippen molar-refractivity contribution in [3.05, 3.63) is 89.5 Å². The van der Waals surface area contributed by atoms with Crippen molar-refractivity contribution in [1.82, 2.24) is 0 Å². The number of benzene rings is 2. The summed E-state index contributed by atoms with van der Waals surface area (Å²) in [7, 11) is 0. The predicted octanol–water partition coefficient (Wildman–Crippen LogP) is 7.00. The van der Waals surface area contributed by atoms with Gasteiger partial charge in [0.25, 0.3) is 0 Å². The van der Waals surface area contributed by atoms with Crippen LogP contribution in [-0.4, -0.2) is 102 Å². The molecule has 5 aliphatic rings. The van der Waals surface area contributed by atoms with E-state index in [1.54, 1.807) is 6.92 Å². The van der Waals surface area contributed by atoms with Gasteiger partial charge in [-0.1, -0.05) is 81.6 Å². The summed E-state index contributed by atoms with van der Waals surface area (Å²) in [5, 5.41) is 0. The van der Waals surface area contributed by atoms with Gasteiger partial charge < -0.3 is 42.6 Å². The Hall–Kier alpha value is -3.42. The Morgan fingerprint density at radius 2 is 1.24 bits per heavy atom. The highest BCUT2D eigenvalue weighted by atomic mass is 16.6. The van der Waals surface area contributed by atoms with Crippen molar-refractivity contribution >= 4 is 18.0 Å². The molecule has 2 aromatic carbocycles. The molecule has 2 aromatic rings. The first-order chi connectivity index (χ1) is 26.6. The molecule has 11 nitrogen and oxygen atoms in total. The largest absolute Gasteiger partial charge is 0.462 e. The number of epoxide rings is 4.